The van der Waals surface area contributed by atoms with Crippen molar-refractivity contribution in [3.63, 3.8) is 0 Å². The number of hydrogen-bond acceptors (Lipinski definition) is 5. The lowest BCUT2D eigenvalue weighted by atomic mass is 9.63. The van der Waals surface area contributed by atoms with Crippen molar-refractivity contribution in [2.24, 2.45) is 28.7 Å². The summed E-state index contributed by atoms with van der Waals surface area (Å²) in [5.74, 6) is -3.39. The monoisotopic (exact) mass is 302 g/mol. The number of hydrogen-bond donors (Lipinski definition) is 2. The van der Waals surface area contributed by atoms with E-state index in [1.807, 2.05) is 0 Å². The first-order valence-corrected chi connectivity index (χ1v) is 7.72. The van der Waals surface area contributed by atoms with E-state index in [4.69, 9.17) is 15.7 Å². The fourth-order valence-electron chi connectivity index (χ4n) is 2.48. The molecule has 7 nitrogen and oxygen atoms in total. The second-order valence-corrected chi connectivity index (χ2v) is 6.55. The largest absolute Gasteiger partial charge is 0.386 e. The molecule has 0 saturated heterocycles. The third kappa shape index (κ3) is 2.69. The van der Waals surface area contributed by atoms with Gasteiger partial charge in [0.1, 0.15) is 11.2 Å². The van der Waals surface area contributed by atoms with Crippen molar-refractivity contribution in [1.82, 2.24) is 0 Å². The van der Waals surface area contributed by atoms with E-state index in [2.05, 4.69) is 0 Å². The molecule has 0 bridgehead atoms. The molecule has 1 aliphatic carbocycles. The van der Waals surface area contributed by atoms with Crippen LogP contribution >= 0.6 is 0 Å². The Morgan fingerprint density at radius 3 is 2.25 bits per heavy atom. The standard InChI is InChI=1S/C12H18N2O5S/c1-7(2)12(11(14)16)8(10(13)15)5-4-6-9(12)19-20(3,17)18/h4-8H,1-3H3,(H2,13,15)(H2,14,16). The molecular weight excluding hydrogens is 284 g/mol. The highest BCUT2D eigenvalue weighted by molar-refractivity contribution is 7.86. The van der Waals surface area contributed by atoms with Crippen LogP contribution in [0.3, 0.4) is 0 Å². The third-order valence-corrected chi connectivity index (χ3v) is 3.80. The van der Waals surface area contributed by atoms with Crippen molar-refractivity contribution >= 4 is 21.9 Å². The van der Waals surface area contributed by atoms with E-state index in [-0.39, 0.29) is 5.76 Å². The molecule has 2 atom stereocenters. The highest BCUT2D eigenvalue weighted by atomic mass is 32.2. The molecule has 0 aromatic heterocycles. The van der Waals surface area contributed by atoms with Crippen molar-refractivity contribution in [2.45, 2.75) is 13.8 Å². The number of rotatable bonds is 5. The van der Waals surface area contributed by atoms with Gasteiger partial charge < -0.3 is 15.7 Å². The Balaban J connectivity index is 3.54. The number of nitrogens with two attached hydrogens (primary N) is 2. The van der Waals surface area contributed by atoms with Gasteiger partial charge in [-0.1, -0.05) is 26.0 Å². The van der Waals surface area contributed by atoms with E-state index in [9.17, 15) is 18.0 Å². The van der Waals surface area contributed by atoms with Crippen LogP contribution in [0.1, 0.15) is 13.8 Å². The lowest BCUT2D eigenvalue weighted by Gasteiger charge is -2.40. The molecule has 0 spiro atoms. The van der Waals surface area contributed by atoms with Crippen LogP contribution in [0.4, 0.5) is 0 Å². The maximum absolute atomic E-state index is 12.0. The second-order valence-electron chi connectivity index (χ2n) is 4.97. The van der Waals surface area contributed by atoms with Gasteiger partial charge >= 0.3 is 10.1 Å². The molecule has 0 aromatic carbocycles. The molecule has 1 aliphatic rings. The molecule has 2 unspecified atom stereocenters. The molecule has 1 rings (SSSR count). The van der Waals surface area contributed by atoms with Crippen LogP contribution in [0.2, 0.25) is 0 Å². The predicted octanol–water partition coefficient (Wildman–Crippen LogP) is -0.354. The summed E-state index contributed by atoms with van der Waals surface area (Å²) >= 11 is 0. The third-order valence-electron chi connectivity index (χ3n) is 3.32. The molecule has 8 heteroatoms. The summed E-state index contributed by atoms with van der Waals surface area (Å²) < 4.78 is 27.6. The normalized spacial score (nSPS) is 26.2. The summed E-state index contributed by atoms with van der Waals surface area (Å²) in [6.45, 7) is 3.28. The van der Waals surface area contributed by atoms with Crippen molar-refractivity contribution < 1.29 is 22.2 Å². The number of carbonyl (C=O) groups excluding carboxylic acids is 2. The Labute approximate surface area is 117 Å². The van der Waals surface area contributed by atoms with Gasteiger partial charge in [-0.15, -0.1) is 0 Å². The van der Waals surface area contributed by atoms with Crippen LogP contribution in [0.5, 0.6) is 0 Å². The van der Waals surface area contributed by atoms with E-state index in [1.54, 1.807) is 13.8 Å². The molecule has 112 valence electrons. The Bertz CT molecular complexity index is 591. The van der Waals surface area contributed by atoms with Gasteiger partial charge in [0.2, 0.25) is 11.8 Å². The Morgan fingerprint density at radius 2 is 1.90 bits per heavy atom. The molecule has 4 N–H and O–H groups in total. The van der Waals surface area contributed by atoms with Crippen molar-refractivity contribution in [2.75, 3.05) is 6.26 Å². The van der Waals surface area contributed by atoms with E-state index in [0.29, 0.717) is 0 Å². The number of amides is 2. The van der Waals surface area contributed by atoms with E-state index >= 15 is 0 Å². The first kappa shape index (κ1) is 16.2. The zero-order valence-corrected chi connectivity index (χ0v) is 12.3. The van der Waals surface area contributed by atoms with Gasteiger partial charge in [0.25, 0.3) is 0 Å². The average molecular weight is 302 g/mol. The first-order valence-electron chi connectivity index (χ1n) is 5.91. The van der Waals surface area contributed by atoms with E-state index < -0.39 is 39.2 Å². The zero-order chi connectivity index (χ0) is 15.7. The summed E-state index contributed by atoms with van der Waals surface area (Å²) in [6, 6.07) is 0. The average Bonchev–Trinajstić information content (AvgIpc) is 2.25. The molecule has 2 amide bonds. The highest BCUT2D eigenvalue weighted by Crippen LogP contribution is 2.46. The number of carbonyl (C=O) groups is 2. The summed E-state index contributed by atoms with van der Waals surface area (Å²) in [7, 11) is -3.87. The predicted molar refractivity (Wildman–Crippen MR) is 72.3 cm³/mol. The highest BCUT2D eigenvalue weighted by Gasteiger charge is 2.54. The Hall–Kier alpha value is -1.83. The van der Waals surface area contributed by atoms with Gasteiger partial charge in [0, 0.05) is 0 Å². The SMILES string of the molecule is CC(C)C1(C(N)=O)C(OS(C)(=O)=O)=CC=CC1C(N)=O. The Kier molecular flexibility index (Phi) is 4.28. The minimum atomic E-state index is -3.87. The van der Waals surface area contributed by atoms with E-state index in [1.165, 1.54) is 18.2 Å². The molecule has 0 fully saturated rings. The number of allylic oxidation sites excluding steroid dienone is 2. The minimum absolute atomic E-state index is 0.186. The maximum atomic E-state index is 12.0. The summed E-state index contributed by atoms with van der Waals surface area (Å²) in [5, 5.41) is 0. The maximum Gasteiger partial charge on any atom is 0.305 e. The van der Waals surface area contributed by atoms with Gasteiger partial charge in [-0.3, -0.25) is 9.59 Å². The van der Waals surface area contributed by atoms with E-state index in [0.717, 1.165) is 6.26 Å². The smallest absolute Gasteiger partial charge is 0.305 e. The molecule has 0 radical (unpaired) electrons. The van der Waals surface area contributed by atoms with Gasteiger partial charge in [-0.05, 0) is 12.0 Å². The van der Waals surface area contributed by atoms with Crippen LogP contribution < -0.4 is 11.5 Å². The van der Waals surface area contributed by atoms with Crippen LogP contribution in [0.25, 0.3) is 0 Å². The van der Waals surface area contributed by atoms with Gasteiger partial charge in [-0.2, -0.15) is 8.42 Å². The van der Waals surface area contributed by atoms with Gasteiger partial charge in [0.15, 0.2) is 0 Å². The molecule has 0 saturated carbocycles. The lowest BCUT2D eigenvalue weighted by molar-refractivity contribution is -0.139. The topological polar surface area (TPSA) is 130 Å². The molecule has 0 heterocycles. The lowest BCUT2D eigenvalue weighted by Crippen LogP contribution is -2.53. The van der Waals surface area contributed by atoms with Crippen LogP contribution in [-0.4, -0.2) is 26.5 Å². The summed E-state index contributed by atoms with van der Waals surface area (Å²) in [4.78, 5) is 23.6. The summed E-state index contributed by atoms with van der Waals surface area (Å²) in [5.41, 5.74) is 9.14. The van der Waals surface area contributed by atoms with Gasteiger partial charge in [-0.25, -0.2) is 0 Å². The van der Waals surface area contributed by atoms with Crippen molar-refractivity contribution in [3.05, 3.63) is 24.0 Å². The van der Waals surface area contributed by atoms with Crippen LogP contribution in [0, 0.1) is 17.3 Å². The zero-order valence-electron chi connectivity index (χ0n) is 11.5. The molecule has 0 aliphatic heterocycles. The fourth-order valence-corrected chi connectivity index (χ4v) is 3.00. The summed E-state index contributed by atoms with van der Waals surface area (Å²) in [6.07, 6.45) is 4.99. The van der Waals surface area contributed by atoms with Gasteiger partial charge in [0.05, 0.1) is 12.2 Å². The second kappa shape index (κ2) is 5.28. The molecular formula is C12H18N2O5S. The van der Waals surface area contributed by atoms with Crippen molar-refractivity contribution in [1.29, 1.82) is 0 Å². The van der Waals surface area contributed by atoms with Crippen molar-refractivity contribution in [3.8, 4) is 0 Å². The first-order chi connectivity index (χ1) is 9.03. The van der Waals surface area contributed by atoms with Crippen LogP contribution in [0.15, 0.2) is 24.0 Å². The number of primary amides is 2. The Morgan fingerprint density at radius 1 is 1.35 bits per heavy atom. The molecule has 0 aromatic rings. The fraction of sp³-hybridized carbons (Fsp3) is 0.500. The quantitative estimate of drug-likeness (QED) is 0.670. The minimum Gasteiger partial charge on any atom is -0.386 e. The van der Waals surface area contributed by atoms with Crippen LogP contribution in [-0.2, 0) is 23.9 Å². The molecule has 20 heavy (non-hydrogen) atoms.